The van der Waals surface area contributed by atoms with Crippen molar-refractivity contribution in [3.8, 4) is 0 Å². The van der Waals surface area contributed by atoms with Gasteiger partial charge in [-0.25, -0.2) is 4.79 Å². The second kappa shape index (κ2) is 25.7. The van der Waals surface area contributed by atoms with Crippen molar-refractivity contribution >= 4 is 6.09 Å². The van der Waals surface area contributed by atoms with Gasteiger partial charge in [0.05, 0.1) is 13.1 Å². The molecule has 3 fully saturated rings. The summed E-state index contributed by atoms with van der Waals surface area (Å²) < 4.78 is 18.9. The van der Waals surface area contributed by atoms with Crippen molar-refractivity contribution in [1.82, 2.24) is 4.90 Å². The van der Waals surface area contributed by atoms with E-state index < -0.39 is 5.79 Å². The number of carbonyl (C=O) groups is 1. The van der Waals surface area contributed by atoms with Gasteiger partial charge in [-0.15, -0.1) is 0 Å². The van der Waals surface area contributed by atoms with E-state index in [9.17, 15) is 4.79 Å². The molecule has 0 bridgehead atoms. The number of unbranched alkanes of at least 4 members (excludes halogenated alkanes) is 17. The first-order valence-corrected chi connectivity index (χ1v) is 22.3. The smallest absolute Gasteiger partial charge is 0.410 e. The first-order valence-electron chi connectivity index (χ1n) is 22.3. The molecule has 0 aromatic heterocycles. The van der Waals surface area contributed by atoms with Gasteiger partial charge in [0.1, 0.15) is 18.8 Å². The zero-order valence-corrected chi connectivity index (χ0v) is 34.1. The van der Waals surface area contributed by atoms with Crippen LogP contribution in [0.5, 0.6) is 0 Å². The van der Waals surface area contributed by atoms with Crippen molar-refractivity contribution in [3.63, 3.8) is 0 Å². The zero-order valence-electron chi connectivity index (χ0n) is 34.1. The van der Waals surface area contributed by atoms with Crippen LogP contribution < -0.4 is 0 Å². The fraction of sp³-hybridized carbons (Fsp3) is 0.729. The average molecular weight is 732 g/mol. The van der Waals surface area contributed by atoms with E-state index in [1.54, 1.807) is 4.90 Å². The molecular formula is C48H77NO4. The minimum absolute atomic E-state index is 0.0454. The van der Waals surface area contributed by atoms with E-state index in [0.717, 1.165) is 24.8 Å². The van der Waals surface area contributed by atoms with Crippen LogP contribution in [0, 0.1) is 5.41 Å². The molecule has 1 aliphatic carbocycles. The largest absolute Gasteiger partial charge is 0.445 e. The maximum Gasteiger partial charge on any atom is 0.410 e. The summed E-state index contributed by atoms with van der Waals surface area (Å²) in [6.45, 7) is 5.97. The Morgan fingerprint density at radius 1 is 0.642 bits per heavy atom. The number of ether oxygens (including phenoxy) is 3. The molecule has 2 atom stereocenters. The van der Waals surface area contributed by atoms with Crippen LogP contribution in [-0.4, -0.2) is 42.1 Å². The van der Waals surface area contributed by atoms with Gasteiger partial charge in [0.15, 0.2) is 5.79 Å². The molecule has 1 amide bonds. The lowest BCUT2D eigenvalue weighted by atomic mass is 9.59. The predicted molar refractivity (Wildman–Crippen MR) is 222 cm³/mol. The molecule has 2 heterocycles. The number of amides is 1. The molecule has 53 heavy (non-hydrogen) atoms. The Balaban J connectivity index is 1.13. The standard InChI is InChI=1S/C48H77NO4/c1-3-5-7-9-11-13-15-17-19-21-23-25-27-32-36-47(37-33-28-26-24-22-20-18-16-14-12-10-8-6-4-2)41-48(42-47)52-44-38-49(39-45(44)53-48)46(50)51-40-43-34-30-29-31-35-43/h11,13,17-20,29-31,34-35,44-45H,3-10,12,14-16,21-28,32-33,36-42H2,1-2H3/b13-11-,19-17-,20-18-/t44-,45-/m0/s1. The molecule has 1 saturated carbocycles. The number of likely N-dealkylation sites (tertiary alicyclic amines) is 1. The Morgan fingerprint density at radius 3 is 1.64 bits per heavy atom. The van der Waals surface area contributed by atoms with E-state index >= 15 is 0 Å². The van der Waals surface area contributed by atoms with Crippen molar-refractivity contribution in [2.75, 3.05) is 13.1 Å². The predicted octanol–water partition coefficient (Wildman–Crippen LogP) is 14.0. The molecule has 0 unspecified atom stereocenters. The van der Waals surface area contributed by atoms with Crippen LogP contribution in [0.25, 0.3) is 0 Å². The Kier molecular flexibility index (Phi) is 21.0. The summed E-state index contributed by atoms with van der Waals surface area (Å²) in [6.07, 6.45) is 47.3. The van der Waals surface area contributed by atoms with Gasteiger partial charge < -0.3 is 19.1 Å². The van der Waals surface area contributed by atoms with Gasteiger partial charge in [0.25, 0.3) is 0 Å². The molecule has 2 aliphatic heterocycles. The van der Waals surface area contributed by atoms with E-state index in [1.165, 1.54) is 148 Å². The summed E-state index contributed by atoms with van der Waals surface area (Å²) in [7, 11) is 0. The van der Waals surface area contributed by atoms with E-state index in [2.05, 4.69) is 50.3 Å². The lowest BCUT2D eigenvalue weighted by molar-refractivity contribution is -0.281. The topological polar surface area (TPSA) is 48.0 Å². The molecule has 5 nitrogen and oxygen atoms in total. The van der Waals surface area contributed by atoms with Gasteiger partial charge in [-0.1, -0.05) is 164 Å². The van der Waals surface area contributed by atoms with Crippen molar-refractivity contribution < 1.29 is 19.0 Å². The molecule has 298 valence electrons. The van der Waals surface area contributed by atoms with E-state index in [0.29, 0.717) is 25.1 Å². The molecule has 1 spiro atoms. The van der Waals surface area contributed by atoms with Crippen molar-refractivity contribution in [2.45, 2.75) is 205 Å². The number of fused-ring (bicyclic) bond motifs is 1. The average Bonchev–Trinajstić information content (AvgIpc) is 3.71. The Bertz CT molecular complexity index is 1170. The third kappa shape index (κ3) is 16.5. The van der Waals surface area contributed by atoms with Gasteiger partial charge in [-0.2, -0.15) is 0 Å². The fourth-order valence-electron chi connectivity index (χ4n) is 8.77. The second-order valence-corrected chi connectivity index (χ2v) is 16.6. The van der Waals surface area contributed by atoms with Crippen LogP contribution in [0.2, 0.25) is 0 Å². The Labute approximate surface area is 325 Å². The number of allylic oxidation sites excluding steroid dienone is 6. The Morgan fingerprint density at radius 2 is 1.09 bits per heavy atom. The normalized spacial score (nSPS) is 23.9. The maximum absolute atomic E-state index is 12.8. The minimum Gasteiger partial charge on any atom is -0.445 e. The quantitative estimate of drug-likeness (QED) is 0.0608. The first-order chi connectivity index (χ1) is 26.1. The molecule has 1 aromatic carbocycles. The number of hydrogen-bond donors (Lipinski definition) is 0. The first kappa shape index (κ1) is 43.4. The number of nitrogens with zero attached hydrogens (tertiary/aromatic N) is 1. The van der Waals surface area contributed by atoms with E-state index in [1.807, 2.05) is 30.3 Å². The number of carbonyl (C=O) groups excluding carboxylic acids is 1. The summed E-state index contributed by atoms with van der Waals surface area (Å²) >= 11 is 0. The summed E-state index contributed by atoms with van der Waals surface area (Å²) in [6, 6.07) is 9.87. The van der Waals surface area contributed by atoms with Gasteiger partial charge in [0, 0.05) is 12.8 Å². The molecule has 0 radical (unpaired) electrons. The van der Waals surface area contributed by atoms with Crippen LogP contribution in [0.4, 0.5) is 4.79 Å². The lowest BCUT2D eigenvalue weighted by Gasteiger charge is -2.54. The highest BCUT2D eigenvalue weighted by Crippen LogP contribution is 2.60. The van der Waals surface area contributed by atoms with Crippen LogP contribution >= 0.6 is 0 Å². The van der Waals surface area contributed by atoms with Crippen LogP contribution in [0.3, 0.4) is 0 Å². The highest BCUT2D eigenvalue weighted by molar-refractivity contribution is 5.68. The van der Waals surface area contributed by atoms with E-state index in [4.69, 9.17) is 14.2 Å². The highest BCUT2D eigenvalue weighted by Gasteiger charge is 2.63. The van der Waals surface area contributed by atoms with Gasteiger partial charge in [0.2, 0.25) is 0 Å². The van der Waals surface area contributed by atoms with Crippen LogP contribution in [0.15, 0.2) is 66.8 Å². The van der Waals surface area contributed by atoms with Crippen LogP contribution in [0.1, 0.15) is 186 Å². The third-order valence-electron chi connectivity index (χ3n) is 11.8. The van der Waals surface area contributed by atoms with Crippen LogP contribution in [-0.2, 0) is 20.8 Å². The molecular weight excluding hydrogens is 655 g/mol. The highest BCUT2D eigenvalue weighted by atomic mass is 16.8. The minimum atomic E-state index is -0.439. The molecule has 2 saturated heterocycles. The van der Waals surface area contributed by atoms with Crippen molar-refractivity contribution in [3.05, 3.63) is 72.4 Å². The number of hydrogen-bond acceptors (Lipinski definition) is 4. The molecule has 3 aliphatic rings. The zero-order chi connectivity index (χ0) is 37.3. The monoisotopic (exact) mass is 732 g/mol. The lowest BCUT2D eigenvalue weighted by Crippen LogP contribution is -2.54. The van der Waals surface area contributed by atoms with E-state index in [-0.39, 0.29) is 18.3 Å². The molecule has 1 aromatic rings. The van der Waals surface area contributed by atoms with Crippen molar-refractivity contribution in [2.24, 2.45) is 5.41 Å². The van der Waals surface area contributed by atoms with Crippen molar-refractivity contribution in [1.29, 1.82) is 0 Å². The van der Waals surface area contributed by atoms with Gasteiger partial charge in [-0.05, 0) is 81.6 Å². The second-order valence-electron chi connectivity index (χ2n) is 16.6. The number of rotatable bonds is 29. The summed E-state index contributed by atoms with van der Waals surface area (Å²) in [5, 5.41) is 0. The third-order valence-corrected chi connectivity index (χ3v) is 11.8. The molecule has 0 N–H and O–H groups in total. The summed E-state index contributed by atoms with van der Waals surface area (Å²) in [5.41, 5.74) is 1.34. The Hall–Kier alpha value is -2.37. The van der Waals surface area contributed by atoms with Gasteiger partial charge in [-0.3, -0.25) is 0 Å². The molecule has 5 heteroatoms. The fourth-order valence-corrected chi connectivity index (χ4v) is 8.77. The summed E-state index contributed by atoms with van der Waals surface area (Å²) in [4.78, 5) is 14.6. The summed E-state index contributed by atoms with van der Waals surface area (Å²) in [5.74, 6) is -0.439. The number of benzene rings is 1. The maximum atomic E-state index is 12.8. The van der Waals surface area contributed by atoms with Gasteiger partial charge >= 0.3 is 6.09 Å². The SMILES string of the molecule is CCCCC/C=C\C/C=C\CCCCCCC1(CCCCCC/C=C\CCCCCCCC)CC2(C1)O[C@H]1CN(C(=O)OCc3ccccc3)C[C@@H]1O2. The molecule has 4 rings (SSSR count).